The number of rotatable bonds is 2. The molecule has 1 aromatic rings. The number of nitrogens with one attached hydrogen (secondary N) is 2. The molecule has 0 aromatic heterocycles. The number of nitrogens with zero attached hydrogens (tertiary/aromatic N) is 1. The zero-order valence-corrected chi connectivity index (χ0v) is 9.96. The molecule has 2 heterocycles. The lowest BCUT2D eigenvalue weighted by Crippen LogP contribution is -2.52. The van der Waals surface area contributed by atoms with Gasteiger partial charge < -0.3 is 20.8 Å². The summed E-state index contributed by atoms with van der Waals surface area (Å²) in [6.07, 6.45) is -1.35. The Bertz CT molecular complexity index is 562. The minimum Gasteiger partial charge on any atom is -0.395 e. The van der Waals surface area contributed by atoms with Crippen molar-refractivity contribution in [2.75, 3.05) is 18.5 Å². The maximum Gasteiger partial charge on any atom is 0.320 e. The van der Waals surface area contributed by atoms with Gasteiger partial charge in [-0.25, -0.2) is 4.79 Å². The van der Waals surface area contributed by atoms with Crippen molar-refractivity contribution in [3.8, 4) is 0 Å². The van der Waals surface area contributed by atoms with Gasteiger partial charge in [0.2, 0.25) is 0 Å². The van der Waals surface area contributed by atoms with Crippen LogP contribution in [0.4, 0.5) is 10.5 Å². The number of aliphatic hydroxyl groups excluding tert-OH is 2. The standard InChI is InChI=1S/C12H13N3O4/c16-6-5-15-10(18)12(14-11(15)19)7-3-1-2-4-8(7)13-9(12)17/h1-4,10,16,18H,5-6H2,(H,13,17)(H,14,19). The fourth-order valence-corrected chi connectivity index (χ4v) is 2.64. The number of β-amino-alcohol motifs (C(OH)–C–C–N with tert-alkyl or cyclic N) is 1. The number of amides is 3. The molecule has 1 spiro atoms. The predicted molar refractivity (Wildman–Crippen MR) is 65.1 cm³/mol. The molecule has 7 heteroatoms. The lowest BCUT2D eigenvalue weighted by atomic mass is 9.90. The summed E-state index contributed by atoms with van der Waals surface area (Å²) >= 11 is 0. The summed E-state index contributed by atoms with van der Waals surface area (Å²) in [5.74, 6) is -0.477. The van der Waals surface area contributed by atoms with Gasteiger partial charge in [-0.3, -0.25) is 9.69 Å². The molecule has 0 saturated carbocycles. The van der Waals surface area contributed by atoms with Crippen LogP contribution in [0.5, 0.6) is 0 Å². The highest BCUT2D eigenvalue weighted by molar-refractivity contribution is 6.09. The maximum absolute atomic E-state index is 12.2. The van der Waals surface area contributed by atoms with E-state index in [9.17, 15) is 14.7 Å². The van der Waals surface area contributed by atoms with Crippen molar-refractivity contribution >= 4 is 17.6 Å². The second-order valence-corrected chi connectivity index (χ2v) is 4.53. The van der Waals surface area contributed by atoms with Gasteiger partial charge in [0.1, 0.15) is 0 Å². The van der Waals surface area contributed by atoms with Crippen LogP contribution in [0.15, 0.2) is 24.3 Å². The number of hydrogen-bond donors (Lipinski definition) is 4. The van der Waals surface area contributed by atoms with Crippen molar-refractivity contribution in [3.63, 3.8) is 0 Å². The van der Waals surface area contributed by atoms with Gasteiger partial charge in [0, 0.05) is 17.8 Å². The summed E-state index contributed by atoms with van der Waals surface area (Å²) < 4.78 is 0. The van der Waals surface area contributed by atoms with Gasteiger partial charge in [0.25, 0.3) is 5.91 Å². The van der Waals surface area contributed by atoms with Crippen LogP contribution >= 0.6 is 0 Å². The molecule has 1 aromatic carbocycles. The minimum atomic E-state index is -1.50. The molecule has 3 rings (SSSR count). The minimum absolute atomic E-state index is 0.0375. The van der Waals surface area contributed by atoms with Crippen molar-refractivity contribution in [2.45, 2.75) is 11.8 Å². The Kier molecular flexibility index (Phi) is 2.48. The second kappa shape index (κ2) is 3.94. The van der Waals surface area contributed by atoms with Gasteiger partial charge in [0.15, 0.2) is 11.8 Å². The Morgan fingerprint density at radius 1 is 1.32 bits per heavy atom. The molecule has 2 atom stereocenters. The summed E-state index contributed by atoms with van der Waals surface area (Å²) in [7, 11) is 0. The molecule has 0 radical (unpaired) electrons. The SMILES string of the molecule is O=C1NC2(C(=O)Nc3ccccc32)C(O)N1CCO. The van der Waals surface area contributed by atoms with Crippen LogP contribution in [0, 0.1) is 0 Å². The monoisotopic (exact) mass is 263 g/mol. The van der Waals surface area contributed by atoms with Gasteiger partial charge in [-0.05, 0) is 6.07 Å². The summed E-state index contributed by atoms with van der Waals surface area (Å²) in [6.45, 7) is -0.325. The summed E-state index contributed by atoms with van der Waals surface area (Å²) in [5, 5.41) is 24.4. The normalized spacial score (nSPS) is 28.5. The smallest absolute Gasteiger partial charge is 0.320 e. The van der Waals surface area contributed by atoms with Gasteiger partial charge in [0.05, 0.1) is 6.61 Å². The molecule has 2 unspecified atom stereocenters. The van der Waals surface area contributed by atoms with E-state index in [4.69, 9.17) is 5.11 Å². The van der Waals surface area contributed by atoms with Crippen LogP contribution in [0.3, 0.4) is 0 Å². The lowest BCUT2D eigenvalue weighted by Gasteiger charge is -2.27. The quantitative estimate of drug-likeness (QED) is 0.559. The molecular formula is C12H13N3O4. The number of carbonyl (C=O) groups excluding carboxylic acids is 2. The van der Waals surface area contributed by atoms with E-state index in [2.05, 4.69) is 10.6 Å². The van der Waals surface area contributed by atoms with Crippen LogP contribution in [-0.2, 0) is 10.3 Å². The first kappa shape index (κ1) is 11.9. The van der Waals surface area contributed by atoms with Crippen LogP contribution in [0.1, 0.15) is 5.56 Å². The van der Waals surface area contributed by atoms with E-state index in [0.717, 1.165) is 4.90 Å². The number of carbonyl (C=O) groups is 2. The van der Waals surface area contributed by atoms with E-state index in [1.54, 1.807) is 24.3 Å². The molecule has 19 heavy (non-hydrogen) atoms. The third kappa shape index (κ3) is 1.39. The van der Waals surface area contributed by atoms with Gasteiger partial charge in [-0.15, -0.1) is 0 Å². The van der Waals surface area contributed by atoms with E-state index in [-0.39, 0.29) is 13.2 Å². The summed E-state index contributed by atoms with van der Waals surface area (Å²) in [4.78, 5) is 25.1. The number of benzene rings is 1. The Morgan fingerprint density at radius 3 is 2.79 bits per heavy atom. The molecule has 0 aliphatic carbocycles. The molecule has 1 saturated heterocycles. The highest BCUT2D eigenvalue weighted by Gasteiger charge is 2.60. The first-order chi connectivity index (χ1) is 9.11. The van der Waals surface area contributed by atoms with Crippen LogP contribution < -0.4 is 10.6 Å². The van der Waals surface area contributed by atoms with Crippen molar-refractivity contribution < 1.29 is 19.8 Å². The van der Waals surface area contributed by atoms with Crippen molar-refractivity contribution in [2.24, 2.45) is 0 Å². The topological polar surface area (TPSA) is 102 Å². The van der Waals surface area contributed by atoms with Crippen molar-refractivity contribution in [1.82, 2.24) is 10.2 Å². The van der Waals surface area contributed by atoms with Crippen LogP contribution in [0.25, 0.3) is 0 Å². The number of anilines is 1. The highest BCUT2D eigenvalue weighted by atomic mass is 16.3. The Labute approximate surface area is 108 Å². The summed E-state index contributed by atoms with van der Waals surface area (Å²) in [6, 6.07) is 6.30. The number of para-hydroxylation sites is 1. The molecule has 2 aliphatic heterocycles. The molecule has 0 bridgehead atoms. The molecule has 1 fully saturated rings. The molecule has 2 aliphatic rings. The molecule has 7 nitrogen and oxygen atoms in total. The van der Waals surface area contributed by atoms with Crippen molar-refractivity contribution in [1.29, 1.82) is 0 Å². The Morgan fingerprint density at radius 2 is 2.05 bits per heavy atom. The number of hydrogen-bond acceptors (Lipinski definition) is 4. The van der Waals surface area contributed by atoms with Gasteiger partial charge >= 0.3 is 6.03 Å². The zero-order valence-electron chi connectivity index (χ0n) is 9.96. The number of fused-ring (bicyclic) bond motifs is 2. The fraction of sp³-hybridized carbons (Fsp3) is 0.333. The van der Waals surface area contributed by atoms with Gasteiger partial charge in [-0.2, -0.15) is 0 Å². The first-order valence-corrected chi connectivity index (χ1v) is 5.90. The number of aliphatic hydroxyl groups is 2. The Hall–Kier alpha value is -2.12. The Balaban J connectivity index is 2.10. The molecule has 4 N–H and O–H groups in total. The van der Waals surface area contributed by atoms with Crippen LogP contribution in [-0.4, -0.2) is 46.4 Å². The maximum atomic E-state index is 12.2. The van der Waals surface area contributed by atoms with E-state index >= 15 is 0 Å². The molecule has 3 amide bonds. The first-order valence-electron chi connectivity index (χ1n) is 5.90. The van der Waals surface area contributed by atoms with Crippen molar-refractivity contribution in [3.05, 3.63) is 29.8 Å². The second-order valence-electron chi connectivity index (χ2n) is 4.53. The predicted octanol–water partition coefficient (Wildman–Crippen LogP) is -0.830. The molecular weight excluding hydrogens is 250 g/mol. The van der Waals surface area contributed by atoms with E-state index in [1.807, 2.05) is 0 Å². The third-order valence-electron chi connectivity index (χ3n) is 3.55. The number of urea groups is 1. The molecule has 100 valence electrons. The van der Waals surface area contributed by atoms with E-state index < -0.39 is 23.7 Å². The zero-order chi connectivity index (χ0) is 13.6. The van der Waals surface area contributed by atoms with Crippen LogP contribution in [0.2, 0.25) is 0 Å². The van der Waals surface area contributed by atoms with E-state index in [0.29, 0.717) is 11.3 Å². The van der Waals surface area contributed by atoms with Gasteiger partial charge in [-0.1, -0.05) is 18.2 Å². The largest absolute Gasteiger partial charge is 0.395 e. The van der Waals surface area contributed by atoms with E-state index in [1.165, 1.54) is 0 Å². The third-order valence-corrected chi connectivity index (χ3v) is 3.55. The fourth-order valence-electron chi connectivity index (χ4n) is 2.64. The average Bonchev–Trinajstić information content (AvgIpc) is 2.81. The average molecular weight is 263 g/mol. The lowest BCUT2D eigenvalue weighted by molar-refractivity contribution is -0.127. The highest BCUT2D eigenvalue weighted by Crippen LogP contribution is 2.42. The summed E-state index contributed by atoms with van der Waals surface area (Å²) in [5.41, 5.74) is -0.401.